The van der Waals surface area contributed by atoms with Gasteiger partial charge >= 0.3 is 0 Å². The van der Waals surface area contributed by atoms with E-state index in [-0.39, 0.29) is 5.92 Å². The first-order chi connectivity index (χ1) is 22.7. The van der Waals surface area contributed by atoms with Crippen LogP contribution in [-0.2, 0) is 6.54 Å². The van der Waals surface area contributed by atoms with Gasteiger partial charge in [0, 0.05) is 59.5 Å². The number of aromatic nitrogens is 1. The lowest BCUT2D eigenvalue weighted by Crippen LogP contribution is -2.19. The molecule has 0 fully saturated rings. The van der Waals surface area contributed by atoms with Gasteiger partial charge in [-0.15, -0.1) is 0 Å². The second kappa shape index (κ2) is 15.0. The smallest absolute Gasteiger partial charge is 0.0493 e. The number of anilines is 4. The zero-order valence-electron chi connectivity index (χ0n) is 27.6. The van der Waals surface area contributed by atoms with Crippen molar-refractivity contribution in [2.24, 2.45) is 0 Å². The van der Waals surface area contributed by atoms with Crippen molar-refractivity contribution in [3.8, 4) is 0 Å². The van der Waals surface area contributed by atoms with Crippen LogP contribution >= 0.6 is 0 Å². The van der Waals surface area contributed by atoms with Gasteiger partial charge in [0.1, 0.15) is 0 Å². The summed E-state index contributed by atoms with van der Waals surface area (Å²) in [5, 5.41) is 1.29. The van der Waals surface area contributed by atoms with E-state index in [1.165, 1.54) is 63.3 Å². The number of fused-ring (bicyclic) bond motifs is 1. The quantitative estimate of drug-likeness (QED) is 0.122. The Morgan fingerprint density at radius 1 is 0.500 bits per heavy atom. The Balaban J connectivity index is 1.42. The Hall–Kier alpha value is -4.76. The number of nitrogens with zero attached hydrogens (tertiary/aromatic N) is 3. The van der Waals surface area contributed by atoms with Gasteiger partial charge in [-0.2, -0.15) is 0 Å². The van der Waals surface area contributed by atoms with E-state index in [1.807, 2.05) is 0 Å². The van der Waals surface area contributed by atoms with Gasteiger partial charge in [-0.05, 0) is 96.9 Å². The van der Waals surface area contributed by atoms with E-state index in [9.17, 15) is 0 Å². The van der Waals surface area contributed by atoms with E-state index in [0.29, 0.717) is 0 Å². The number of aryl methyl sites for hydroxylation is 1. The molecule has 5 aromatic carbocycles. The van der Waals surface area contributed by atoms with Crippen LogP contribution in [-0.4, -0.2) is 17.7 Å². The van der Waals surface area contributed by atoms with Gasteiger partial charge in [-0.3, -0.25) is 0 Å². The molecule has 234 valence electrons. The van der Waals surface area contributed by atoms with Gasteiger partial charge in [0.25, 0.3) is 0 Å². The Morgan fingerprint density at radius 3 is 1.39 bits per heavy atom. The minimum Gasteiger partial charge on any atom is -0.344 e. The minimum atomic E-state index is 0.108. The molecule has 1 aromatic heterocycles. The fraction of sp³-hybridized carbons (Fsp3) is 0.256. The highest BCUT2D eigenvalue weighted by molar-refractivity contribution is 5.82. The van der Waals surface area contributed by atoms with Crippen molar-refractivity contribution < 1.29 is 0 Å². The fourth-order valence-corrected chi connectivity index (χ4v) is 6.71. The predicted octanol–water partition coefficient (Wildman–Crippen LogP) is 11.7. The number of hydrogen-bond acceptors (Lipinski definition) is 2. The maximum absolute atomic E-state index is 2.50. The predicted molar refractivity (Wildman–Crippen MR) is 198 cm³/mol. The molecule has 1 heterocycles. The molecule has 0 saturated carbocycles. The van der Waals surface area contributed by atoms with Gasteiger partial charge in [-0.25, -0.2) is 0 Å². The minimum absolute atomic E-state index is 0.108. The van der Waals surface area contributed by atoms with Crippen molar-refractivity contribution in [1.82, 2.24) is 4.57 Å². The van der Waals surface area contributed by atoms with Crippen LogP contribution in [0.2, 0.25) is 0 Å². The van der Waals surface area contributed by atoms with Crippen molar-refractivity contribution in [1.29, 1.82) is 0 Å². The molecule has 0 aliphatic rings. The highest BCUT2D eigenvalue weighted by Crippen LogP contribution is 2.38. The van der Waals surface area contributed by atoms with Crippen molar-refractivity contribution >= 4 is 33.7 Å². The van der Waals surface area contributed by atoms with Crippen LogP contribution in [0.4, 0.5) is 22.7 Å². The fourth-order valence-electron chi connectivity index (χ4n) is 6.71. The number of hydrogen-bond donors (Lipinski definition) is 0. The van der Waals surface area contributed by atoms with Crippen molar-refractivity contribution in [2.45, 2.75) is 58.9 Å². The average Bonchev–Trinajstić information content (AvgIpc) is 3.49. The van der Waals surface area contributed by atoms with Gasteiger partial charge in [0.2, 0.25) is 0 Å². The largest absolute Gasteiger partial charge is 0.344 e. The highest BCUT2D eigenvalue weighted by atomic mass is 15.1. The Morgan fingerprint density at radius 2 is 0.935 bits per heavy atom. The zero-order chi connectivity index (χ0) is 31.7. The number of para-hydroxylation sites is 3. The molecule has 0 spiro atoms. The summed E-state index contributed by atoms with van der Waals surface area (Å²) in [6.07, 6.45) is 4.64. The summed E-state index contributed by atoms with van der Waals surface area (Å²) >= 11 is 0. The molecule has 0 aliphatic carbocycles. The van der Waals surface area contributed by atoms with E-state index in [4.69, 9.17) is 0 Å². The van der Waals surface area contributed by atoms with Gasteiger partial charge < -0.3 is 14.4 Å². The van der Waals surface area contributed by atoms with Crippen LogP contribution in [0.3, 0.4) is 0 Å². The van der Waals surface area contributed by atoms with Crippen LogP contribution in [0, 0.1) is 0 Å². The summed E-state index contributed by atoms with van der Waals surface area (Å²) in [5.74, 6) is 0.108. The molecule has 0 bridgehead atoms. The van der Waals surface area contributed by atoms with Crippen LogP contribution in [0.15, 0.2) is 140 Å². The van der Waals surface area contributed by atoms with E-state index < -0.39 is 0 Å². The molecule has 0 atom stereocenters. The monoisotopic (exact) mass is 605 g/mol. The summed E-state index contributed by atoms with van der Waals surface area (Å²) < 4.78 is 2.50. The molecule has 0 N–H and O–H groups in total. The first kappa shape index (κ1) is 31.2. The maximum atomic E-state index is 2.50. The summed E-state index contributed by atoms with van der Waals surface area (Å²) in [6.45, 7) is 9.72. The summed E-state index contributed by atoms with van der Waals surface area (Å²) in [6, 6.07) is 51.5. The zero-order valence-corrected chi connectivity index (χ0v) is 27.6. The van der Waals surface area contributed by atoms with E-state index in [0.717, 1.165) is 32.5 Å². The van der Waals surface area contributed by atoms with Crippen LogP contribution in [0.5, 0.6) is 0 Å². The van der Waals surface area contributed by atoms with Gasteiger partial charge in [-0.1, -0.05) is 106 Å². The molecular weight excluding hydrogens is 558 g/mol. The average molecular weight is 606 g/mol. The lowest BCUT2D eigenvalue weighted by molar-refractivity contribution is 0.723. The molecular formula is C43H47N3. The molecule has 0 aliphatic heterocycles. The molecule has 0 amide bonds. The molecule has 0 saturated heterocycles. The lowest BCUT2D eigenvalue weighted by atomic mass is 9.87. The van der Waals surface area contributed by atoms with Crippen LogP contribution in [0.1, 0.15) is 69.2 Å². The molecule has 6 aromatic rings. The van der Waals surface area contributed by atoms with Crippen molar-refractivity contribution in [3.63, 3.8) is 0 Å². The van der Waals surface area contributed by atoms with Gasteiger partial charge in [0.05, 0.1) is 0 Å². The third-order valence-corrected chi connectivity index (χ3v) is 9.14. The summed E-state index contributed by atoms with van der Waals surface area (Å²) in [5.41, 5.74) is 10.2. The van der Waals surface area contributed by atoms with Crippen LogP contribution in [0.25, 0.3) is 10.9 Å². The standard InChI is InChI=1S/C43H47N3/c1-4-7-31-45(37-18-11-9-12-19-37)39-27-23-34(24-28-39)43(42-33-36-17-15-16-22-41(36)44(42)6-3)35-25-29-40(30-26-35)46(32-8-5-2)38-20-13-10-14-21-38/h9-30,33,43H,4-8,31-32H2,1-3H3. The Labute approximate surface area is 275 Å². The lowest BCUT2D eigenvalue weighted by Gasteiger charge is -2.27. The first-order valence-electron chi connectivity index (χ1n) is 17.1. The third-order valence-electron chi connectivity index (χ3n) is 9.14. The Kier molecular flexibility index (Phi) is 10.2. The molecule has 46 heavy (non-hydrogen) atoms. The molecule has 3 heteroatoms. The van der Waals surface area contributed by atoms with Crippen LogP contribution < -0.4 is 9.80 Å². The first-order valence-corrected chi connectivity index (χ1v) is 17.1. The molecule has 0 unspecified atom stereocenters. The number of unbranched alkanes of at least 4 members (excludes halogenated alkanes) is 2. The topological polar surface area (TPSA) is 11.4 Å². The third kappa shape index (κ3) is 6.74. The molecule has 0 radical (unpaired) electrons. The van der Waals surface area contributed by atoms with E-state index in [1.54, 1.807) is 0 Å². The second-order valence-electron chi connectivity index (χ2n) is 12.2. The SMILES string of the molecule is CCCCN(c1ccccc1)c1ccc(C(c2ccc(N(CCCC)c3ccccc3)cc2)c2cc3ccccc3n2CC)cc1. The van der Waals surface area contributed by atoms with Crippen molar-refractivity contribution in [2.75, 3.05) is 22.9 Å². The van der Waals surface area contributed by atoms with E-state index >= 15 is 0 Å². The molecule has 3 nitrogen and oxygen atoms in total. The van der Waals surface area contributed by atoms with Gasteiger partial charge in [0.15, 0.2) is 0 Å². The maximum Gasteiger partial charge on any atom is 0.0493 e. The van der Waals surface area contributed by atoms with Crippen molar-refractivity contribution in [3.05, 3.63) is 156 Å². The second-order valence-corrected chi connectivity index (χ2v) is 12.2. The molecule has 6 rings (SSSR count). The number of rotatable bonds is 14. The number of benzene rings is 5. The summed E-state index contributed by atoms with van der Waals surface area (Å²) in [4.78, 5) is 4.91. The van der Waals surface area contributed by atoms with E-state index in [2.05, 4.69) is 175 Å². The Bertz CT molecular complexity index is 1690. The summed E-state index contributed by atoms with van der Waals surface area (Å²) in [7, 11) is 0. The highest BCUT2D eigenvalue weighted by Gasteiger charge is 2.23. The normalized spacial score (nSPS) is 11.3.